The van der Waals surface area contributed by atoms with Crippen LogP contribution in [0.1, 0.15) is 49.7 Å². The first-order valence-corrected chi connectivity index (χ1v) is 10.3. The van der Waals surface area contributed by atoms with Crippen LogP contribution in [0.15, 0.2) is 54.6 Å². The number of aliphatic carboxylic acids is 1. The molecule has 4 nitrogen and oxygen atoms in total. The fourth-order valence-corrected chi connectivity index (χ4v) is 4.13. The van der Waals surface area contributed by atoms with Crippen LogP contribution in [0, 0.1) is 11.8 Å². The highest BCUT2D eigenvalue weighted by molar-refractivity contribution is 5.68. The summed E-state index contributed by atoms with van der Waals surface area (Å²) in [5, 5.41) is 22.3. The number of para-hydroxylation sites is 1. The highest BCUT2D eigenvalue weighted by atomic mass is 16.5. The van der Waals surface area contributed by atoms with E-state index in [1.807, 2.05) is 54.6 Å². The van der Waals surface area contributed by atoms with Crippen molar-refractivity contribution in [3.05, 3.63) is 65.7 Å². The van der Waals surface area contributed by atoms with Gasteiger partial charge in [0.2, 0.25) is 0 Å². The van der Waals surface area contributed by atoms with Gasteiger partial charge in [-0.2, -0.15) is 0 Å². The molecule has 150 valence electrons. The van der Waals surface area contributed by atoms with E-state index in [1.54, 1.807) is 0 Å². The quantitative estimate of drug-likeness (QED) is 0.722. The first-order chi connectivity index (χ1) is 13.6. The van der Waals surface area contributed by atoms with E-state index in [-0.39, 0.29) is 5.92 Å². The summed E-state index contributed by atoms with van der Waals surface area (Å²) in [6.45, 7) is 0.465. The molecule has 0 aromatic heterocycles. The average molecular weight is 381 g/mol. The van der Waals surface area contributed by atoms with Gasteiger partial charge in [-0.25, -0.2) is 0 Å². The zero-order valence-corrected chi connectivity index (χ0v) is 16.3. The number of carboxylic acid groups (broad SMARTS) is 1. The van der Waals surface area contributed by atoms with Gasteiger partial charge in [-0.1, -0.05) is 67.8 Å². The van der Waals surface area contributed by atoms with E-state index in [4.69, 9.17) is 4.74 Å². The maximum absolute atomic E-state index is 11.7. The molecular formula is C24H29O4-. The smallest absolute Gasteiger partial charge is 0.122 e. The molecule has 0 bridgehead atoms. The Kier molecular flexibility index (Phi) is 7.49. The zero-order chi connectivity index (χ0) is 19.8. The van der Waals surface area contributed by atoms with Gasteiger partial charge < -0.3 is 19.7 Å². The van der Waals surface area contributed by atoms with Crippen molar-refractivity contribution in [2.75, 3.05) is 0 Å². The lowest BCUT2D eigenvalue weighted by atomic mass is 9.79. The van der Waals surface area contributed by atoms with Crippen LogP contribution in [0.3, 0.4) is 0 Å². The summed E-state index contributed by atoms with van der Waals surface area (Å²) >= 11 is 0. The summed E-state index contributed by atoms with van der Waals surface area (Å²) in [6, 6.07) is 17.6. The molecular weight excluding hydrogens is 352 g/mol. The molecule has 0 saturated heterocycles. The van der Waals surface area contributed by atoms with E-state index in [1.165, 1.54) is 6.42 Å². The van der Waals surface area contributed by atoms with E-state index in [2.05, 4.69) is 0 Å². The Balaban J connectivity index is 1.62. The highest BCUT2D eigenvalue weighted by Gasteiger charge is 2.29. The number of carbonyl (C=O) groups excluding carboxylic acids is 1. The highest BCUT2D eigenvalue weighted by Crippen LogP contribution is 2.32. The number of hydrogen-bond acceptors (Lipinski definition) is 4. The Morgan fingerprint density at radius 2 is 1.71 bits per heavy atom. The van der Waals surface area contributed by atoms with Crippen molar-refractivity contribution in [2.24, 2.45) is 11.8 Å². The van der Waals surface area contributed by atoms with Crippen molar-refractivity contribution in [2.45, 2.75) is 57.7 Å². The number of carbonyl (C=O) groups is 1. The first-order valence-electron chi connectivity index (χ1n) is 10.3. The second-order valence-electron chi connectivity index (χ2n) is 7.73. The van der Waals surface area contributed by atoms with Crippen LogP contribution in [-0.2, 0) is 17.8 Å². The fourth-order valence-electron chi connectivity index (χ4n) is 4.13. The van der Waals surface area contributed by atoms with Gasteiger partial charge in [-0.15, -0.1) is 0 Å². The van der Waals surface area contributed by atoms with Crippen LogP contribution in [0.2, 0.25) is 0 Å². The lowest BCUT2D eigenvalue weighted by molar-refractivity contribution is -0.315. The van der Waals surface area contributed by atoms with Gasteiger partial charge in [0.25, 0.3) is 0 Å². The van der Waals surface area contributed by atoms with Crippen LogP contribution in [0.4, 0.5) is 0 Å². The molecule has 2 aromatic carbocycles. The standard InChI is InChI=1S/C24H30O4/c25-23(20-12-5-2-6-13-20)21(24(26)27)16-15-19-11-7-8-14-22(19)28-17-18-9-3-1-4-10-18/h1,3-4,7-11,14,20-21,23,25H,2,5-6,12-13,15-17H2,(H,26,27)/p-1. The van der Waals surface area contributed by atoms with Gasteiger partial charge in [0.05, 0.1) is 6.10 Å². The monoisotopic (exact) mass is 381 g/mol. The van der Waals surface area contributed by atoms with Gasteiger partial charge in [-0.3, -0.25) is 0 Å². The van der Waals surface area contributed by atoms with Crippen LogP contribution in [-0.4, -0.2) is 17.2 Å². The van der Waals surface area contributed by atoms with Gasteiger partial charge in [-0.05, 0) is 48.8 Å². The molecule has 1 fully saturated rings. The molecule has 1 N–H and O–H groups in total. The average Bonchev–Trinajstić information content (AvgIpc) is 2.74. The minimum absolute atomic E-state index is 0.0706. The molecule has 2 atom stereocenters. The minimum atomic E-state index is -1.15. The number of aliphatic hydroxyl groups is 1. The van der Waals surface area contributed by atoms with E-state index in [9.17, 15) is 15.0 Å². The third-order valence-corrected chi connectivity index (χ3v) is 5.78. The first kappa shape index (κ1) is 20.4. The Morgan fingerprint density at radius 3 is 2.43 bits per heavy atom. The summed E-state index contributed by atoms with van der Waals surface area (Å²) in [5.41, 5.74) is 2.04. The molecule has 4 heteroatoms. The molecule has 28 heavy (non-hydrogen) atoms. The Hall–Kier alpha value is -2.33. The van der Waals surface area contributed by atoms with Crippen molar-refractivity contribution < 1.29 is 19.7 Å². The number of benzene rings is 2. The molecule has 1 aliphatic carbocycles. The number of ether oxygens (including phenoxy) is 1. The zero-order valence-electron chi connectivity index (χ0n) is 16.3. The largest absolute Gasteiger partial charge is 0.550 e. The molecule has 0 spiro atoms. The molecule has 0 heterocycles. The topological polar surface area (TPSA) is 69.6 Å². The van der Waals surface area contributed by atoms with Crippen LogP contribution >= 0.6 is 0 Å². The van der Waals surface area contributed by atoms with Crippen molar-refractivity contribution in [1.29, 1.82) is 0 Å². The predicted octanol–water partition coefficient (Wildman–Crippen LogP) is 3.51. The lowest BCUT2D eigenvalue weighted by Crippen LogP contribution is -2.42. The third kappa shape index (κ3) is 5.59. The normalized spacial score (nSPS) is 17.0. The molecule has 2 unspecified atom stereocenters. The van der Waals surface area contributed by atoms with Crippen molar-refractivity contribution >= 4 is 5.97 Å². The summed E-state index contributed by atoms with van der Waals surface area (Å²) in [4.78, 5) is 11.7. The SMILES string of the molecule is O=C([O-])C(CCc1ccccc1OCc1ccccc1)C(O)C1CCCCC1. The molecule has 0 amide bonds. The minimum Gasteiger partial charge on any atom is -0.550 e. The maximum Gasteiger partial charge on any atom is 0.122 e. The van der Waals surface area contributed by atoms with Crippen LogP contribution in [0.25, 0.3) is 0 Å². The molecule has 1 aliphatic rings. The molecule has 0 aliphatic heterocycles. The van der Waals surface area contributed by atoms with Gasteiger partial charge in [0.15, 0.2) is 0 Å². The van der Waals surface area contributed by atoms with Gasteiger partial charge >= 0.3 is 0 Å². The number of aryl methyl sites for hydroxylation is 1. The van der Waals surface area contributed by atoms with Gasteiger partial charge in [0.1, 0.15) is 12.4 Å². The fraction of sp³-hybridized carbons (Fsp3) is 0.458. The number of rotatable bonds is 9. The summed E-state index contributed by atoms with van der Waals surface area (Å²) in [5.74, 6) is -1.16. The second kappa shape index (κ2) is 10.3. The van der Waals surface area contributed by atoms with E-state index in [0.717, 1.165) is 42.6 Å². The third-order valence-electron chi connectivity index (χ3n) is 5.78. The van der Waals surface area contributed by atoms with Gasteiger partial charge in [0, 0.05) is 11.9 Å². The van der Waals surface area contributed by atoms with E-state index in [0.29, 0.717) is 19.4 Å². The predicted molar refractivity (Wildman–Crippen MR) is 107 cm³/mol. The Morgan fingerprint density at radius 1 is 1.04 bits per heavy atom. The van der Waals surface area contributed by atoms with Crippen molar-refractivity contribution in [3.63, 3.8) is 0 Å². The summed E-state index contributed by atoms with van der Waals surface area (Å²) in [7, 11) is 0. The van der Waals surface area contributed by atoms with E-state index < -0.39 is 18.0 Å². The molecule has 0 radical (unpaired) electrons. The lowest BCUT2D eigenvalue weighted by Gasteiger charge is -2.33. The van der Waals surface area contributed by atoms with Crippen molar-refractivity contribution in [3.8, 4) is 5.75 Å². The maximum atomic E-state index is 11.7. The van der Waals surface area contributed by atoms with Crippen LogP contribution < -0.4 is 9.84 Å². The van der Waals surface area contributed by atoms with Crippen molar-refractivity contribution in [1.82, 2.24) is 0 Å². The molecule has 1 saturated carbocycles. The van der Waals surface area contributed by atoms with Crippen LogP contribution in [0.5, 0.6) is 5.75 Å². The second-order valence-corrected chi connectivity index (χ2v) is 7.73. The summed E-state index contributed by atoms with van der Waals surface area (Å²) < 4.78 is 5.97. The van der Waals surface area contributed by atoms with E-state index >= 15 is 0 Å². The summed E-state index contributed by atoms with van der Waals surface area (Å²) in [6.07, 6.45) is 5.17. The number of hydrogen-bond donors (Lipinski definition) is 1. The Labute approximate surface area is 167 Å². The molecule has 2 aromatic rings. The molecule has 3 rings (SSSR count). The Bertz CT molecular complexity index is 737. The number of carboxylic acids is 1. The number of aliphatic hydroxyl groups excluding tert-OH is 1.